The smallest absolute Gasteiger partial charge is 0.263 e. The largest absolute Gasteiger partial charge is 0.377 e. The number of hydrogen-bond acceptors (Lipinski definition) is 5. The van der Waals surface area contributed by atoms with Crippen LogP contribution in [0.3, 0.4) is 0 Å². The van der Waals surface area contributed by atoms with E-state index in [0.29, 0.717) is 6.54 Å². The van der Waals surface area contributed by atoms with Crippen LogP contribution in [0, 0.1) is 0 Å². The molecule has 1 aliphatic heterocycles. The van der Waals surface area contributed by atoms with Crippen LogP contribution in [-0.4, -0.2) is 28.0 Å². The van der Waals surface area contributed by atoms with Gasteiger partial charge in [-0.05, 0) is 44.1 Å². The van der Waals surface area contributed by atoms with Crippen LogP contribution in [0.2, 0.25) is 0 Å². The highest BCUT2D eigenvalue weighted by molar-refractivity contribution is 7.99. The van der Waals surface area contributed by atoms with Gasteiger partial charge in [0.15, 0.2) is 5.16 Å². The Kier molecular flexibility index (Phi) is 4.79. The molecule has 4 nitrogen and oxygen atoms in total. The number of allylic oxidation sites excluding steroid dienone is 1. The number of fused-ring (bicyclic) bond motifs is 3. The Balaban J connectivity index is 1.69. The molecule has 24 heavy (non-hydrogen) atoms. The molecule has 0 N–H and O–H groups in total. The Bertz CT molecular complexity index is 819. The van der Waals surface area contributed by atoms with Crippen LogP contribution in [0.15, 0.2) is 22.6 Å². The summed E-state index contributed by atoms with van der Waals surface area (Å²) in [7, 11) is 0. The quantitative estimate of drug-likeness (QED) is 0.461. The molecule has 128 valence electrons. The second-order valence-electron chi connectivity index (χ2n) is 6.44. The molecule has 1 aliphatic carbocycles. The average molecular weight is 363 g/mol. The van der Waals surface area contributed by atoms with Gasteiger partial charge in [0.1, 0.15) is 4.83 Å². The topological polar surface area (TPSA) is 44.1 Å². The van der Waals surface area contributed by atoms with Gasteiger partial charge < -0.3 is 4.74 Å². The van der Waals surface area contributed by atoms with Crippen LogP contribution >= 0.6 is 23.1 Å². The number of aromatic nitrogens is 2. The van der Waals surface area contributed by atoms with Crippen molar-refractivity contribution in [3.63, 3.8) is 0 Å². The van der Waals surface area contributed by atoms with Crippen molar-refractivity contribution in [1.29, 1.82) is 0 Å². The van der Waals surface area contributed by atoms with Crippen molar-refractivity contribution >= 4 is 33.3 Å². The molecule has 1 saturated heterocycles. The highest BCUT2D eigenvalue weighted by atomic mass is 32.2. The molecule has 0 spiro atoms. The SMILES string of the molecule is C=CCn1c(SC[C@@H]2CCCCO2)nc2sc3c(c2c1=O)CCC3. The predicted molar refractivity (Wildman–Crippen MR) is 100 cm³/mol. The summed E-state index contributed by atoms with van der Waals surface area (Å²) in [5, 5.41) is 1.66. The van der Waals surface area contributed by atoms with Crippen LogP contribution in [0.25, 0.3) is 10.2 Å². The summed E-state index contributed by atoms with van der Waals surface area (Å²) in [5.74, 6) is 0.861. The maximum Gasteiger partial charge on any atom is 0.263 e. The molecule has 3 heterocycles. The van der Waals surface area contributed by atoms with Gasteiger partial charge >= 0.3 is 0 Å². The maximum atomic E-state index is 13.0. The standard InChI is InChI=1S/C18H22N2O2S2/c1-2-9-20-17(21)15-13-7-5-8-14(13)24-16(15)19-18(20)23-11-12-6-3-4-10-22-12/h2,12H,1,3-11H2/t12-/m0/s1. The van der Waals surface area contributed by atoms with E-state index in [1.54, 1.807) is 33.7 Å². The Hall–Kier alpha value is -1.11. The van der Waals surface area contributed by atoms with Gasteiger partial charge in [0, 0.05) is 23.8 Å². The zero-order valence-corrected chi connectivity index (χ0v) is 15.4. The van der Waals surface area contributed by atoms with E-state index < -0.39 is 0 Å². The molecule has 0 amide bonds. The Labute approximate surface area is 149 Å². The van der Waals surface area contributed by atoms with Gasteiger partial charge in [-0.3, -0.25) is 9.36 Å². The molecule has 2 aromatic rings. The van der Waals surface area contributed by atoms with Crippen molar-refractivity contribution < 1.29 is 4.74 Å². The summed E-state index contributed by atoms with van der Waals surface area (Å²) in [6, 6.07) is 0. The van der Waals surface area contributed by atoms with Gasteiger partial charge in [-0.2, -0.15) is 0 Å². The maximum absolute atomic E-state index is 13.0. The van der Waals surface area contributed by atoms with E-state index in [2.05, 4.69) is 6.58 Å². The molecule has 2 aromatic heterocycles. The number of hydrogen-bond donors (Lipinski definition) is 0. The molecule has 0 unspecified atom stereocenters. The van der Waals surface area contributed by atoms with Crippen LogP contribution in [0.1, 0.15) is 36.1 Å². The third-order valence-electron chi connectivity index (χ3n) is 4.77. The summed E-state index contributed by atoms with van der Waals surface area (Å²) in [4.78, 5) is 20.2. The van der Waals surface area contributed by atoms with Crippen molar-refractivity contribution in [2.75, 3.05) is 12.4 Å². The van der Waals surface area contributed by atoms with Crippen molar-refractivity contribution in [2.24, 2.45) is 0 Å². The molecule has 0 saturated carbocycles. The van der Waals surface area contributed by atoms with Gasteiger partial charge in [0.25, 0.3) is 5.56 Å². The molecular formula is C18H22N2O2S2. The minimum absolute atomic E-state index is 0.103. The lowest BCUT2D eigenvalue weighted by Gasteiger charge is -2.22. The predicted octanol–water partition coefficient (Wildman–Crippen LogP) is 3.79. The fraction of sp³-hybridized carbons (Fsp3) is 0.556. The molecule has 2 aliphatic rings. The van der Waals surface area contributed by atoms with E-state index in [9.17, 15) is 4.79 Å². The number of thiophene rings is 1. The van der Waals surface area contributed by atoms with Gasteiger partial charge in [-0.25, -0.2) is 4.98 Å². The zero-order chi connectivity index (χ0) is 16.5. The minimum atomic E-state index is 0.103. The van der Waals surface area contributed by atoms with E-state index >= 15 is 0 Å². The molecule has 0 aromatic carbocycles. The third kappa shape index (κ3) is 2.95. The zero-order valence-electron chi connectivity index (χ0n) is 13.8. The fourth-order valence-corrected chi connectivity index (χ4v) is 5.94. The van der Waals surface area contributed by atoms with E-state index in [-0.39, 0.29) is 11.7 Å². The average Bonchev–Trinajstić information content (AvgIpc) is 3.17. The normalized spacial score (nSPS) is 20.4. The van der Waals surface area contributed by atoms with Crippen LogP contribution in [-0.2, 0) is 24.1 Å². The Morgan fingerprint density at radius 2 is 2.29 bits per heavy atom. The number of nitrogens with zero attached hydrogens (tertiary/aromatic N) is 2. The lowest BCUT2D eigenvalue weighted by Crippen LogP contribution is -2.25. The highest BCUT2D eigenvalue weighted by Crippen LogP contribution is 2.35. The summed E-state index contributed by atoms with van der Waals surface area (Å²) in [6.45, 7) is 5.18. The van der Waals surface area contributed by atoms with Crippen LogP contribution < -0.4 is 5.56 Å². The van der Waals surface area contributed by atoms with Crippen molar-refractivity contribution in [1.82, 2.24) is 9.55 Å². The van der Waals surface area contributed by atoms with Gasteiger partial charge in [0.05, 0.1) is 11.5 Å². The van der Waals surface area contributed by atoms with Crippen LogP contribution in [0.4, 0.5) is 0 Å². The van der Waals surface area contributed by atoms with Crippen LogP contribution in [0.5, 0.6) is 0 Å². The van der Waals surface area contributed by atoms with Crippen molar-refractivity contribution in [3.8, 4) is 0 Å². The summed E-state index contributed by atoms with van der Waals surface area (Å²) in [6.07, 6.45) is 8.83. The molecule has 1 fully saturated rings. The minimum Gasteiger partial charge on any atom is -0.377 e. The van der Waals surface area contributed by atoms with E-state index in [1.165, 1.54) is 16.9 Å². The Morgan fingerprint density at radius 1 is 1.38 bits per heavy atom. The highest BCUT2D eigenvalue weighted by Gasteiger charge is 2.23. The fourth-order valence-electron chi connectivity index (χ4n) is 3.56. The summed E-state index contributed by atoms with van der Waals surface area (Å²) < 4.78 is 7.60. The molecule has 6 heteroatoms. The van der Waals surface area contributed by atoms with Crippen molar-refractivity contribution in [2.45, 2.75) is 56.3 Å². The first-order chi connectivity index (χ1) is 11.8. The molecule has 0 bridgehead atoms. The first-order valence-corrected chi connectivity index (χ1v) is 10.5. The first kappa shape index (κ1) is 16.4. The number of rotatable bonds is 5. The second-order valence-corrected chi connectivity index (χ2v) is 8.51. The van der Waals surface area contributed by atoms with Gasteiger partial charge in [-0.1, -0.05) is 17.8 Å². The summed E-state index contributed by atoms with van der Waals surface area (Å²) in [5.41, 5.74) is 1.35. The lowest BCUT2D eigenvalue weighted by atomic mass is 10.1. The van der Waals surface area contributed by atoms with E-state index in [0.717, 1.165) is 59.8 Å². The Morgan fingerprint density at radius 3 is 3.08 bits per heavy atom. The number of ether oxygens (including phenoxy) is 1. The van der Waals surface area contributed by atoms with Gasteiger partial charge in [-0.15, -0.1) is 17.9 Å². The lowest BCUT2D eigenvalue weighted by molar-refractivity contribution is 0.0315. The van der Waals surface area contributed by atoms with Gasteiger partial charge in [0.2, 0.25) is 0 Å². The first-order valence-electron chi connectivity index (χ1n) is 8.68. The number of thioether (sulfide) groups is 1. The summed E-state index contributed by atoms with van der Waals surface area (Å²) >= 11 is 3.36. The number of aryl methyl sites for hydroxylation is 2. The molecule has 4 rings (SSSR count). The molecule has 0 radical (unpaired) electrons. The van der Waals surface area contributed by atoms with Crippen molar-refractivity contribution in [3.05, 3.63) is 33.4 Å². The van der Waals surface area contributed by atoms with E-state index in [1.807, 2.05) is 0 Å². The third-order valence-corrected chi connectivity index (χ3v) is 7.07. The second kappa shape index (κ2) is 7.02. The monoisotopic (exact) mass is 362 g/mol. The van der Waals surface area contributed by atoms with E-state index in [4.69, 9.17) is 9.72 Å². The molecular weight excluding hydrogens is 340 g/mol. The molecule has 1 atom stereocenters.